The predicted molar refractivity (Wildman–Crippen MR) is 82.1 cm³/mol. The number of nitrogens with one attached hydrogen (secondary N) is 1. The molecule has 112 valence electrons. The van der Waals surface area contributed by atoms with E-state index in [-0.39, 0.29) is 0 Å². The van der Waals surface area contributed by atoms with E-state index in [1.165, 1.54) is 6.21 Å². The lowest BCUT2D eigenvalue weighted by Crippen LogP contribution is -2.32. The van der Waals surface area contributed by atoms with Gasteiger partial charge in [-0.1, -0.05) is 42.5 Å². The lowest BCUT2D eigenvalue weighted by Gasteiger charge is -2.06. The number of primary amides is 1. The Hall–Kier alpha value is -3.15. The van der Waals surface area contributed by atoms with Crippen molar-refractivity contribution in [3.05, 3.63) is 65.7 Å². The van der Waals surface area contributed by atoms with Crippen molar-refractivity contribution in [1.29, 1.82) is 0 Å². The molecule has 0 saturated heterocycles. The Morgan fingerprint density at radius 1 is 1.14 bits per heavy atom. The zero-order valence-electron chi connectivity index (χ0n) is 11.7. The molecule has 0 aromatic heterocycles. The van der Waals surface area contributed by atoms with Crippen molar-refractivity contribution in [1.82, 2.24) is 5.43 Å². The van der Waals surface area contributed by atoms with Gasteiger partial charge in [-0.25, -0.2) is 5.43 Å². The summed E-state index contributed by atoms with van der Waals surface area (Å²) in [6.07, 6.45) is 1.40. The molecule has 0 unspecified atom stereocenters. The van der Waals surface area contributed by atoms with Crippen LogP contribution >= 0.6 is 0 Å². The zero-order chi connectivity index (χ0) is 15.8. The van der Waals surface area contributed by atoms with E-state index in [0.717, 1.165) is 11.1 Å². The van der Waals surface area contributed by atoms with Gasteiger partial charge in [0.2, 0.25) is 0 Å². The van der Waals surface area contributed by atoms with Gasteiger partial charge in [-0.05, 0) is 23.3 Å². The van der Waals surface area contributed by atoms with E-state index in [4.69, 9.17) is 10.5 Å². The predicted octanol–water partition coefficient (Wildman–Crippen LogP) is 1.20. The number of rotatable bonds is 5. The number of hydrogen-bond donors (Lipinski definition) is 2. The number of carbonyl (C=O) groups is 2. The summed E-state index contributed by atoms with van der Waals surface area (Å²) in [6, 6.07) is 17.0. The molecule has 0 heterocycles. The standard InChI is InChI=1S/C16H15N3O3/c17-15(20)16(21)19-18-10-13-7-4-8-14(9-13)22-11-12-5-2-1-3-6-12/h1-10H,11H2,(H2,17,20)(H,19,21)/b18-10+. The summed E-state index contributed by atoms with van der Waals surface area (Å²) < 4.78 is 5.68. The van der Waals surface area contributed by atoms with Crippen LogP contribution in [0.5, 0.6) is 5.75 Å². The van der Waals surface area contributed by atoms with E-state index in [1.54, 1.807) is 18.2 Å². The lowest BCUT2D eigenvalue weighted by molar-refractivity contribution is -0.137. The maximum atomic E-state index is 10.9. The van der Waals surface area contributed by atoms with Gasteiger partial charge < -0.3 is 10.5 Å². The van der Waals surface area contributed by atoms with Gasteiger partial charge in [-0.15, -0.1) is 0 Å². The average molecular weight is 297 g/mol. The first kappa shape index (κ1) is 15.2. The minimum atomic E-state index is -1.09. The van der Waals surface area contributed by atoms with E-state index in [1.807, 2.05) is 41.8 Å². The second-order valence-corrected chi connectivity index (χ2v) is 4.41. The number of ether oxygens (including phenoxy) is 1. The monoisotopic (exact) mass is 297 g/mol. The van der Waals surface area contributed by atoms with Gasteiger partial charge in [0, 0.05) is 0 Å². The second kappa shape index (κ2) is 7.58. The van der Waals surface area contributed by atoms with Gasteiger partial charge in [0.05, 0.1) is 6.21 Å². The molecule has 0 aliphatic rings. The molecule has 6 nitrogen and oxygen atoms in total. The Bertz CT molecular complexity index is 684. The summed E-state index contributed by atoms with van der Waals surface area (Å²) in [5.41, 5.74) is 8.60. The van der Waals surface area contributed by atoms with Crippen LogP contribution in [0.3, 0.4) is 0 Å². The van der Waals surface area contributed by atoms with Crippen LogP contribution in [-0.4, -0.2) is 18.0 Å². The molecule has 6 heteroatoms. The van der Waals surface area contributed by atoms with Crippen molar-refractivity contribution < 1.29 is 14.3 Å². The molecular weight excluding hydrogens is 282 g/mol. The molecule has 2 rings (SSSR count). The lowest BCUT2D eigenvalue weighted by atomic mass is 10.2. The third-order valence-corrected chi connectivity index (χ3v) is 2.71. The molecule has 2 amide bonds. The van der Waals surface area contributed by atoms with Crippen LogP contribution < -0.4 is 15.9 Å². The van der Waals surface area contributed by atoms with Crippen LogP contribution in [0.4, 0.5) is 0 Å². The van der Waals surface area contributed by atoms with Gasteiger partial charge in [0.25, 0.3) is 0 Å². The second-order valence-electron chi connectivity index (χ2n) is 4.41. The van der Waals surface area contributed by atoms with E-state index < -0.39 is 11.8 Å². The molecule has 0 spiro atoms. The Morgan fingerprint density at radius 3 is 2.64 bits per heavy atom. The molecule has 0 bridgehead atoms. The van der Waals surface area contributed by atoms with Crippen molar-refractivity contribution in [2.45, 2.75) is 6.61 Å². The highest BCUT2D eigenvalue weighted by Crippen LogP contribution is 2.14. The van der Waals surface area contributed by atoms with Gasteiger partial charge in [-0.3, -0.25) is 9.59 Å². The molecule has 0 aliphatic heterocycles. The highest BCUT2D eigenvalue weighted by atomic mass is 16.5. The third kappa shape index (κ3) is 4.75. The van der Waals surface area contributed by atoms with Crippen molar-refractivity contribution in [2.75, 3.05) is 0 Å². The minimum Gasteiger partial charge on any atom is -0.489 e. The van der Waals surface area contributed by atoms with Crippen molar-refractivity contribution in [2.24, 2.45) is 10.8 Å². The molecular formula is C16H15N3O3. The number of amides is 2. The number of carbonyl (C=O) groups excluding carboxylic acids is 2. The van der Waals surface area contributed by atoms with E-state index >= 15 is 0 Å². The van der Waals surface area contributed by atoms with Crippen LogP contribution in [-0.2, 0) is 16.2 Å². The molecule has 0 saturated carbocycles. The smallest absolute Gasteiger partial charge is 0.329 e. The number of hydrogen-bond acceptors (Lipinski definition) is 4. The van der Waals surface area contributed by atoms with E-state index in [2.05, 4.69) is 5.10 Å². The highest BCUT2D eigenvalue weighted by molar-refractivity contribution is 6.34. The molecule has 3 N–H and O–H groups in total. The molecule has 2 aromatic carbocycles. The summed E-state index contributed by atoms with van der Waals surface area (Å²) in [7, 11) is 0. The molecule has 22 heavy (non-hydrogen) atoms. The van der Waals surface area contributed by atoms with Crippen LogP contribution in [0.25, 0.3) is 0 Å². The quantitative estimate of drug-likeness (QED) is 0.493. The van der Waals surface area contributed by atoms with Gasteiger partial charge >= 0.3 is 11.8 Å². The first-order valence-corrected chi connectivity index (χ1v) is 6.55. The Morgan fingerprint density at radius 2 is 1.91 bits per heavy atom. The fourth-order valence-electron chi connectivity index (χ4n) is 1.65. The van der Waals surface area contributed by atoms with Crippen LogP contribution in [0.2, 0.25) is 0 Å². The molecule has 0 atom stereocenters. The maximum absolute atomic E-state index is 10.9. The average Bonchev–Trinajstić information content (AvgIpc) is 2.54. The summed E-state index contributed by atoms with van der Waals surface area (Å²) in [5.74, 6) is -1.38. The first-order chi connectivity index (χ1) is 10.6. The third-order valence-electron chi connectivity index (χ3n) is 2.71. The maximum Gasteiger partial charge on any atom is 0.329 e. The van der Waals surface area contributed by atoms with Gasteiger partial charge in [0.15, 0.2) is 0 Å². The summed E-state index contributed by atoms with van der Waals surface area (Å²) in [6.45, 7) is 0.458. The number of nitrogens with zero attached hydrogens (tertiary/aromatic N) is 1. The normalized spacial score (nSPS) is 10.4. The summed E-state index contributed by atoms with van der Waals surface area (Å²) >= 11 is 0. The number of benzene rings is 2. The van der Waals surface area contributed by atoms with Crippen molar-refractivity contribution in [3.8, 4) is 5.75 Å². The molecule has 0 fully saturated rings. The van der Waals surface area contributed by atoms with Crippen LogP contribution in [0.15, 0.2) is 59.7 Å². The fraction of sp³-hybridized carbons (Fsp3) is 0.0625. The Labute approximate surface area is 127 Å². The molecule has 0 radical (unpaired) electrons. The van der Waals surface area contributed by atoms with Crippen molar-refractivity contribution >= 4 is 18.0 Å². The zero-order valence-corrected chi connectivity index (χ0v) is 11.7. The summed E-state index contributed by atoms with van der Waals surface area (Å²) in [5, 5.41) is 3.64. The highest BCUT2D eigenvalue weighted by Gasteiger charge is 2.05. The first-order valence-electron chi connectivity index (χ1n) is 6.55. The van der Waals surface area contributed by atoms with Gasteiger partial charge in [0.1, 0.15) is 12.4 Å². The molecule has 2 aromatic rings. The fourth-order valence-corrected chi connectivity index (χ4v) is 1.65. The largest absolute Gasteiger partial charge is 0.489 e. The van der Waals surface area contributed by atoms with Gasteiger partial charge in [-0.2, -0.15) is 5.10 Å². The Kier molecular flexibility index (Phi) is 5.25. The van der Waals surface area contributed by atoms with Crippen molar-refractivity contribution in [3.63, 3.8) is 0 Å². The Balaban J connectivity index is 1.93. The van der Waals surface area contributed by atoms with E-state index in [9.17, 15) is 9.59 Å². The SMILES string of the molecule is NC(=O)C(=O)N/N=C/c1cccc(OCc2ccccc2)c1. The van der Waals surface area contributed by atoms with Crippen LogP contribution in [0, 0.1) is 0 Å². The van der Waals surface area contributed by atoms with Crippen LogP contribution in [0.1, 0.15) is 11.1 Å². The minimum absolute atomic E-state index is 0.458. The summed E-state index contributed by atoms with van der Waals surface area (Å²) in [4.78, 5) is 21.5. The van der Waals surface area contributed by atoms with E-state index in [0.29, 0.717) is 12.4 Å². The topological polar surface area (TPSA) is 93.8 Å². The number of hydrazone groups is 1. The number of nitrogens with two attached hydrogens (primary N) is 1. The molecule has 0 aliphatic carbocycles.